The summed E-state index contributed by atoms with van der Waals surface area (Å²) in [6.07, 6.45) is 1.89. The Labute approximate surface area is 157 Å². The number of benzene rings is 2. The minimum absolute atomic E-state index is 0.259. The van der Waals surface area contributed by atoms with E-state index >= 15 is 0 Å². The lowest BCUT2D eigenvalue weighted by atomic mass is 10.2. The van der Waals surface area contributed by atoms with Gasteiger partial charge in [0.2, 0.25) is 0 Å². The fourth-order valence-corrected chi connectivity index (χ4v) is 2.53. The monoisotopic (exact) mass is 364 g/mol. The number of anilines is 2. The first-order valence-electron chi connectivity index (χ1n) is 8.91. The molecule has 3 aromatic rings. The SMILES string of the molecule is CCCCNC(=O)c1cc(Nc2cccc(F)c2)nc(-c2ccccc2)n1. The Morgan fingerprint density at radius 2 is 1.85 bits per heavy atom. The van der Waals surface area contributed by atoms with Crippen LogP contribution in [0.4, 0.5) is 15.9 Å². The second-order valence-corrected chi connectivity index (χ2v) is 6.07. The quantitative estimate of drug-likeness (QED) is 0.603. The van der Waals surface area contributed by atoms with E-state index in [2.05, 4.69) is 27.5 Å². The molecule has 2 N–H and O–H groups in total. The van der Waals surface area contributed by atoms with Gasteiger partial charge in [0.05, 0.1) is 0 Å². The zero-order valence-electron chi connectivity index (χ0n) is 15.1. The van der Waals surface area contributed by atoms with Crippen molar-refractivity contribution in [1.82, 2.24) is 15.3 Å². The molecule has 5 nitrogen and oxygen atoms in total. The summed E-state index contributed by atoms with van der Waals surface area (Å²) in [6.45, 7) is 2.65. The standard InChI is InChI=1S/C21H21FN4O/c1-2-3-12-23-21(27)18-14-19(24-17-11-7-10-16(22)13-17)26-20(25-18)15-8-5-4-6-9-15/h4-11,13-14H,2-3,12H2,1H3,(H,23,27)(H,24,25,26). The van der Waals surface area contributed by atoms with E-state index in [9.17, 15) is 9.18 Å². The average molecular weight is 364 g/mol. The molecule has 0 aliphatic carbocycles. The molecule has 0 unspecified atom stereocenters. The highest BCUT2D eigenvalue weighted by Crippen LogP contribution is 2.21. The number of carbonyl (C=O) groups excluding carboxylic acids is 1. The summed E-state index contributed by atoms with van der Waals surface area (Å²) < 4.78 is 13.5. The van der Waals surface area contributed by atoms with E-state index in [-0.39, 0.29) is 17.4 Å². The van der Waals surface area contributed by atoms with Gasteiger partial charge in [0.25, 0.3) is 5.91 Å². The molecule has 6 heteroatoms. The van der Waals surface area contributed by atoms with E-state index < -0.39 is 0 Å². The summed E-state index contributed by atoms with van der Waals surface area (Å²) in [5.74, 6) is 0.243. The van der Waals surface area contributed by atoms with Gasteiger partial charge < -0.3 is 10.6 Å². The van der Waals surface area contributed by atoms with Crippen LogP contribution in [-0.4, -0.2) is 22.4 Å². The van der Waals surface area contributed by atoms with Crippen LogP contribution in [0, 0.1) is 5.82 Å². The number of hydrogen-bond acceptors (Lipinski definition) is 4. The number of carbonyl (C=O) groups is 1. The molecule has 0 spiro atoms. The van der Waals surface area contributed by atoms with Crippen LogP contribution in [0.15, 0.2) is 60.7 Å². The van der Waals surface area contributed by atoms with Crippen LogP contribution in [0.25, 0.3) is 11.4 Å². The van der Waals surface area contributed by atoms with Crippen LogP contribution in [-0.2, 0) is 0 Å². The van der Waals surface area contributed by atoms with Gasteiger partial charge in [-0.05, 0) is 24.6 Å². The minimum atomic E-state index is -0.352. The maximum atomic E-state index is 13.5. The van der Waals surface area contributed by atoms with Crippen LogP contribution in [0.3, 0.4) is 0 Å². The fraction of sp³-hybridized carbons (Fsp3) is 0.190. The molecule has 0 fully saturated rings. The second-order valence-electron chi connectivity index (χ2n) is 6.07. The van der Waals surface area contributed by atoms with Gasteiger partial charge in [0.1, 0.15) is 17.3 Å². The zero-order valence-corrected chi connectivity index (χ0v) is 15.1. The van der Waals surface area contributed by atoms with Gasteiger partial charge in [-0.1, -0.05) is 49.7 Å². The van der Waals surface area contributed by atoms with Crippen LogP contribution in [0.2, 0.25) is 0 Å². The Kier molecular flexibility index (Phi) is 6.10. The van der Waals surface area contributed by atoms with Gasteiger partial charge in [0.15, 0.2) is 5.82 Å². The number of unbranched alkanes of at least 4 members (excludes halogenated alkanes) is 1. The van der Waals surface area contributed by atoms with E-state index in [1.54, 1.807) is 18.2 Å². The minimum Gasteiger partial charge on any atom is -0.351 e. The fourth-order valence-electron chi connectivity index (χ4n) is 2.53. The van der Waals surface area contributed by atoms with E-state index in [1.165, 1.54) is 12.1 Å². The first-order chi connectivity index (χ1) is 13.2. The molecule has 2 aromatic carbocycles. The number of nitrogens with one attached hydrogen (secondary N) is 2. The average Bonchev–Trinajstić information content (AvgIpc) is 2.68. The molecule has 1 aromatic heterocycles. The van der Waals surface area contributed by atoms with Gasteiger partial charge in [-0.25, -0.2) is 14.4 Å². The van der Waals surface area contributed by atoms with Crippen molar-refractivity contribution < 1.29 is 9.18 Å². The van der Waals surface area contributed by atoms with E-state index in [1.807, 2.05) is 30.3 Å². The second kappa shape index (κ2) is 8.89. The van der Waals surface area contributed by atoms with Crippen molar-refractivity contribution in [2.45, 2.75) is 19.8 Å². The zero-order chi connectivity index (χ0) is 19.1. The molecule has 0 saturated heterocycles. The van der Waals surface area contributed by atoms with Crippen molar-refractivity contribution in [3.05, 3.63) is 72.2 Å². The van der Waals surface area contributed by atoms with Crippen molar-refractivity contribution in [3.63, 3.8) is 0 Å². The van der Waals surface area contributed by atoms with Crippen molar-refractivity contribution in [1.29, 1.82) is 0 Å². The van der Waals surface area contributed by atoms with Crippen LogP contribution in [0.1, 0.15) is 30.3 Å². The maximum absolute atomic E-state index is 13.5. The molecule has 0 aliphatic rings. The van der Waals surface area contributed by atoms with Crippen LogP contribution in [0.5, 0.6) is 0 Å². The smallest absolute Gasteiger partial charge is 0.270 e. The lowest BCUT2D eigenvalue weighted by molar-refractivity contribution is 0.0948. The largest absolute Gasteiger partial charge is 0.351 e. The number of nitrogens with zero attached hydrogens (tertiary/aromatic N) is 2. The Balaban J connectivity index is 1.94. The summed E-state index contributed by atoms with van der Waals surface area (Å²) in [7, 11) is 0. The maximum Gasteiger partial charge on any atom is 0.270 e. The van der Waals surface area contributed by atoms with Gasteiger partial charge in [-0.3, -0.25) is 4.79 Å². The lowest BCUT2D eigenvalue weighted by Crippen LogP contribution is -2.25. The van der Waals surface area contributed by atoms with Crippen molar-refractivity contribution in [3.8, 4) is 11.4 Å². The molecule has 138 valence electrons. The molecule has 27 heavy (non-hydrogen) atoms. The lowest BCUT2D eigenvalue weighted by Gasteiger charge is -2.11. The summed E-state index contributed by atoms with van der Waals surface area (Å²) in [4.78, 5) is 21.4. The Hall–Kier alpha value is -3.28. The first-order valence-corrected chi connectivity index (χ1v) is 8.91. The Morgan fingerprint density at radius 3 is 2.59 bits per heavy atom. The highest BCUT2D eigenvalue weighted by Gasteiger charge is 2.13. The predicted octanol–water partition coefficient (Wildman–Crippen LogP) is 4.56. The third-order valence-electron chi connectivity index (χ3n) is 3.90. The first kappa shape index (κ1) is 18.5. The number of hydrogen-bond donors (Lipinski definition) is 2. The van der Waals surface area contributed by atoms with Crippen molar-refractivity contribution in [2.24, 2.45) is 0 Å². The Bertz CT molecular complexity index is 915. The highest BCUT2D eigenvalue weighted by molar-refractivity contribution is 5.93. The van der Waals surface area contributed by atoms with Gasteiger partial charge in [0, 0.05) is 23.9 Å². The van der Waals surface area contributed by atoms with Gasteiger partial charge >= 0.3 is 0 Å². The van der Waals surface area contributed by atoms with E-state index in [4.69, 9.17) is 0 Å². The predicted molar refractivity (Wildman–Crippen MR) is 104 cm³/mol. The van der Waals surface area contributed by atoms with Crippen molar-refractivity contribution in [2.75, 3.05) is 11.9 Å². The summed E-state index contributed by atoms with van der Waals surface area (Å²) in [5.41, 5.74) is 1.60. The normalized spacial score (nSPS) is 10.4. The van der Waals surface area contributed by atoms with Crippen molar-refractivity contribution >= 4 is 17.4 Å². The van der Waals surface area contributed by atoms with Gasteiger partial charge in [-0.2, -0.15) is 0 Å². The number of rotatable bonds is 7. The third-order valence-corrected chi connectivity index (χ3v) is 3.90. The number of halogens is 1. The molecule has 3 rings (SSSR count). The summed E-state index contributed by atoms with van der Waals surface area (Å²) >= 11 is 0. The molecule has 0 radical (unpaired) electrons. The summed E-state index contributed by atoms with van der Waals surface area (Å²) in [5, 5.41) is 5.91. The molecule has 1 heterocycles. The molecule has 1 amide bonds. The number of aromatic nitrogens is 2. The molecule has 0 bridgehead atoms. The molecular weight excluding hydrogens is 343 g/mol. The third kappa shape index (κ3) is 5.10. The molecular formula is C21H21FN4O. The molecule has 0 atom stereocenters. The van der Waals surface area contributed by atoms with Crippen LogP contribution >= 0.6 is 0 Å². The van der Waals surface area contributed by atoms with E-state index in [0.717, 1.165) is 18.4 Å². The van der Waals surface area contributed by atoms with Gasteiger partial charge in [-0.15, -0.1) is 0 Å². The van der Waals surface area contributed by atoms with E-state index in [0.29, 0.717) is 23.9 Å². The molecule has 0 saturated carbocycles. The topological polar surface area (TPSA) is 66.9 Å². The summed E-state index contributed by atoms with van der Waals surface area (Å²) in [6, 6.07) is 17.1. The Morgan fingerprint density at radius 1 is 1.04 bits per heavy atom. The highest BCUT2D eigenvalue weighted by atomic mass is 19.1. The molecule has 0 aliphatic heterocycles. The van der Waals surface area contributed by atoms with Crippen LogP contribution < -0.4 is 10.6 Å². The number of amides is 1.